The van der Waals surface area contributed by atoms with E-state index in [9.17, 15) is 13.2 Å². The molecule has 0 amide bonds. The Labute approximate surface area is 117 Å². The molecule has 0 aliphatic rings. The lowest BCUT2D eigenvalue weighted by atomic mass is 9.98. The Hall–Kier alpha value is -1.23. The van der Waals surface area contributed by atoms with Crippen molar-refractivity contribution in [3.8, 4) is 5.75 Å². The summed E-state index contributed by atoms with van der Waals surface area (Å²) in [7, 11) is 0. The number of aliphatic hydroxyl groups is 1. The zero-order chi connectivity index (χ0) is 15.0. The van der Waals surface area contributed by atoms with Crippen molar-refractivity contribution in [2.45, 2.75) is 45.4 Å². The largest absolute Gasteiger partial charge is 0.494 e. The zero-order valence-corrected chi connectivity index (χ0v) is 11.6. The number of rotatable bonds is 8. The molecule has 1 N–H and O–H groups in total. The summed E-state index contributed by atoms with van der Waals surface area (Å²) in [6, 6.07) is 6.68. The van der Waals surface area contributed by atoms with E-state index >= 15 is 0 Å². The van der Waals surface area contributed by atoms with Gasteiger partial charge in [-0.15, -0.1) is 0 Å². The van der Waals surface area contributed by atoms with Crippen LogP contribution in [0.5, 0.6) is 5.75 Å². The molecule has 0 bridgehead atoms. The lowest BCUT2D eigenvalue weighted by molar-refractivity contribution is -0.179. The van der Waals surface area contributed by atoms with E-state index in [-0.39, 0.29) is 26.1 Å². The second-order valence-electron chi connectivity index (χ2n) is 4.82. The minimum atomic E-state index is -4.15. The molecule has 0 spiro atoms. The average molecular weight is 290 g/mol. The number of alkyl halides is 3. The highest BCUT2D eigenvalue weighted by Gasteiger charge is 2.38. The van der Waals surface area contributed by atoms with Gasteiger partial charge in [0.05, 0.1) is 19.1 Å². The number of aliphatic hydroxyl groups excluding tert-OH is 1. The van der Waals surface area contributed by atoms with E-state index < -0.39 is 12.1 Å². The van der Waals surface area contributed by atoms with Gasteiger partial charge in [0.25, 0.3) is 0 Å². The fraction of sp³-hybridized carbons (Fsp3) is 0.600. The molecule has 114 valence electrons. The van der Waals surface area contributed by atoms with Crippen LogP contribution in [0.1, 0.15) is 38.2 Å². The molecule has 1 rings (SSSR count). The van der Waals surface area contributed by atoms with Crippen LogP contribution in [0, 0.1) is 5.92 Å². The molecule has 1 unspecified atom stereocenters. The SMILES string of the molecule is CCCCC(CCOc1ccc(CO)cc1)C(F)(F)F. The van der Waals surface area contributed by atoms with Crippen molar-refractivity contribution in [3.63, 3.8) is 0 Å². The molecule has 0 saturated carbocycles. The lowest BCUT2D eigenvalue weighted by Gasteiger charge is -2.20. The highest BCUT2D eigenvalue weighted by Crippen LogP contribution is 2.32. The quantitative estimate of drug-likeness (QED) is 0.772. The highest BCUT2D eigenvalue weighted by molar-refractivity contribution is 5.26. The van der Waals surface area contributed by atoms with E-state index in [2.05, 4.69) is 0 Å². The lowest BCUT2D eigenvalue weighted by Crippen LogP contribution is -2.24. The fourth-order valence-corrected chi connectivity index (χ4v) is 1.93. The maximum absolute atomic E-state index is 12.8. The number of ether oxygens (including phenoxy) is 1. The fourth-order valence-electron chi connectivity index (χ4n) is 1.93. The molecule has 0 radical (unpaired) electrons. The first-order chi connectivity index (χ1) is 9.47. The Morgan fingerprint density at radius 3 is 2.30 bits per heavy atom. The van der Waals surface area contributed by atoms with Crippen molar-refractivity contribution in [2.75, 3.05) is 6.61 Å². The molecule has 0 heterocycles. The second kappa shape index (κ2) is 8.15. The number of unbranched alkanes of at least 4 members (excludes halogenated alkanes) is 1. The van der Waals surface area contributed by atoms with Crippen LogP contribution in [0.15, 0.2) is 24.3 Å². The Kier molecular flexibility index (Phi) is 6.85. The Bertz CT molecular complexity index is 374. The summed E-state index contributed by atoms with van der Waals surface area (Å²) in [4.78, 5) is 0. The van der Waals surface area contributed by atoms with Crippen LogP contribution in [0.3, 0.4) is 0 Å². The smallest absolute Gasteiger partial charge is 0.391 e. The van der Waals surface area contributed by atoms with Crippen LogP contribution in [0.4, 0.5) is 13.2 Å². The Balaban J connectivity index is 2.42. The van der Waals surface area contributed by atoms with Gasteiger partial charge in [0.15, 0.2) is 0 Å². The third kappa shape index (κ3) is 5.82. The van der Waals surface area contributed by atoms with E-state index in [1.807, 2.05) is 6.92 Å². The van der Waals surface area contributed by atoms with Gasteiger partial charge in [-0.05, 0) is 30.5 Å². The van der Waals surface area contributed by atoms with Gasteiger partial charge in [0.1, 0.15) is 5.75 Å². The van der Waals surface area contributed by atoms with E-state index in [1.165, 1.54) is 0 Å². The first kappa shape index (κ1) is 16.8. The van der Waals surface area contributed by atoms with E-state index in [1.54, 1.807) is 24.3 Å². The minimum Gasteiger partial charge on any atom is -0.494 e. The molecule has 5 heteroatoms. The molecule has 0 fully saturated rings. The number of hydrogen-bond acceptors (Lipinski definition) is 2. The number of hydrogen-bond donors (Lipinski definition) is 1. The van der Waals surface area contributed by atoms with Crippen LogP contribution in [-0.4, -0.2) is 17.9 Å². The third-order valence-corrected chi connectivity index (χ3v) is 3.21. The predicted octanol–water partition coefficient (Wildman–Crippen LogP) is 4.32. The van der Waals surface area contributed by atoms with Crippen LogP contribution in [0.2, 0.25) is 0 Å². The van der Waals surface area contributed by atoms with Gasteiger partial charge in [-0.1, -0.05) is 31.9 Å². The maximum atomic E-state index is 12.8. The number of benzene rings is 1. The maximum Gasteiger partial charge on any atom is 0.391 e. The molecule has 1 aromatic carbocycles. The molecule has 1 aromatic rings. The van der Waals surface area contributed by atoms with Crippen molar-refractivity contribution >= 4 is 0 Å². The first-order valence-electron chi connectivity index (χ1n) is 6.86. The second-order valence-corrected chi connectivity index (χ2v) is 4.82. The van der Waals surface area contributed by atoms with E-state index in [4.69, 9.17) is 9.84 Å². The normalized spacial score (nSPS) is 13.2. The van der Waals surface area contributed by atoms with Crippen LogP contribution in [-0.2, 0) is 6.61 Å². The summed E-state index contributed by atoms with van der Waals surface area (Å²) in [5.41, 5.74) is 0.744. The van der Waals surface area contributed by atoms with Gasteiger partial charge in [0, 0.05) is 0 Å². The Morgan fingerprint density at radius 2 is 1.80 bits per heavy atom. The van der Waals surface area contributed by atoms with E-state index in [0.717, 1.165) is 12.0 Å². The van der Waals surface area contributed by atoms with Gasteiger partial charge in [-0.2, -0.15) is 13.2 Å². The summed E-state index contributed by atoms with van der Waals surface area (Å²) in [5, 5.41) is 8.88. The Morgan fingerprint density at radius 1 is 1.15 bits per heavy atom. The van der Waals surface area contributed by atoms with Gasteiger partial charge in [-0.3, -0.25) is 0 Å². The molecular formula is C15H21F3O2. The standard InChI is InChI=1S/C15H21F3O2/c1-2-3-4-13(15(16,17)18)9-10-20-14-7-5-12(11-19)6-8-14/h5-8,13,19H,2-4,9-11H2,1H3. The molecule has 0 aliphatic heterocycles. The van der Waals surface area contributed by atoms with Gasteiger partial charge in [0.2, 0.25) is 0 Å². The summed E-state index contributed by atoms with van der Waals surface area (Å²) < 4.78 is 43.7. The van der Waals surface area contributed by atoms with Crippen molar-refractivity contribution in [3.05, 3.63) is 29.8 Å². The summed E-state index contributed by atoms with van der Waals surface area (Å²) >= 11 is 0. The molecule has 0 aliphatic carbocycles. The average Bonchev–Trinajstić information content (AvgIpc) is 2.42. The van der Waals surface area contributed by atoms with Crippen molar-refractivity contribution in [1.82, 2.24) is 0 Å². The van der Waals surface area contributed by atoms with Crippen molar-refractivity contribution in [1.29, 1.82) is 0 Å². The van der Waals surface area contributed by atoms with Crippen LogP contribution < -0.4 is 4.74 Å². The zero-order valence-electron chi connectivity index (χ0n) is 11.6. The van der Waals surface area contributed by atoms with Crippen molar-refractivity contribution < 1.29 is 23.0 Å². The number of halogens is 3. The molecule has 1 atom stereocenters. The van der Waals surface area contributed by atoms with Crippen LogP contribution in [0.25, 0.3) is 0 Å². The van der Waals surface area contributed by atoms with Gasteiger partial charge >= 0.3 is 6.18 Å². The summed E-state index contributed by atoms with van der Waals surface area (Å²) in [6.45, 7) is 1.87. The summed E-state index contributed by atoms with van der Waals surface area (Å²) in [6.07, 6.45) is -2.68. The van der Waals surface area contributed by atoms with Crippen LogP contribution >= 0.6 is 0 Å². The van der Waals surface area contributed by atoms with Crippen molar-refractivity contribution in [2.24, 2.45) is 5.92 Å². The monoisotopic (exact) mass is 290 g/mol. The van der Waals surface area contributed by atoms with E-state index in [0.29, 0.717) is 12.2 Å². The third-order valence-electron chi connectivity index (χ3n) is 3.21. The van der Waals surface area contributed by atoms with Gasteiger partial charge < -0.3 is 9.84 Å². The molecule has 20 heavy (non-hydrogen) atoms. The molecule has 0 saturated heterocycles. The summed E-state index contributed by atoms with van der Waals surface area (Å²) in [5.74, 6) is -0.766. The molecular weight excluding hydrogens is 269 g/mol. The molecule has 2 nitrogen and oxygen atoms in total. The van der Waals surface area contributed by atoms with Gasteiger partial charge in [-0.25, -0.2) is 0 Å². The topological polar surface area (TPSA) is 29.5 Å². The highest BCUT2D eigenvalue weighted by atomic mass is 19.4. The predicted molar refractivity (Wildman–Crippen MR) is 71.5 cm³/mol. The minimum absolute atomic E-state index is 0.0226. The first-order valence-corrected chi connectivity index (χ1v) is 6.86. The molecule has 0 aromatic heterocycles.